The Balaban J connectivity index is 0.00000625. The summed E-state index contributed by atoms with van der Waals surface area (Å²) in [6.45, 7) is 5.57. The molecule has 0 saturated heterocycles. The van der Waals surface area contributed by atoms with Crippen molar-refractivity contribution in [1.29, 1.82) is 0 Å². The third kappa shape index (κ3) is 15.0. The average Bonchev–Trinajstić information content (AvgIpc) is 2.57. The lowest BCUT2D eigenvalue weighted by molar-refractivity contribution is 0.0281. The molecule has 0 spiro atoms. The zero-order valence-electron chi connectivity index (χ0n) is 16.2. The first kappa shape index (κ1) is 25.9. The topological polar surface area (TPSA) is 89.0 Å². The molecule has 156 valence electrons. The molecule has 1 saturated carbocycles. The van der Waals surface area contributed by atoms with Crippen LogP contribution < -0.4 is 10.6 Å². The van der Waals surface area contributed by atoms with E-state index in [1.165, 1.54) is 38.4 Å². The van der Waals surface area contributed by atoms with Gasteiger partial charge in [0, 0.05) is 32.5 Å². The van der Waals surface area contributed by atoms with E-state index in [1.807, 2.05) is 6.92 Å². The number of sulfone groups is 1. The monoisotopic (exact) mass is 505 g/mol. The van der Waals surface area contributed by atoms with Crippen LogP contribution in [0.3, 0.4) is 0 Å². The lowest BCUT2D eigenvalue weighted by Crippen LogP contribution is -2.39. The SMILES string of the molecule is CCNC(=NCCCOC1CCCCC1)NCCOCCS(C)(=O)=O.I. The van der Waals surface area contributed by atoms with Gasteiger partial charge in [-0.2, -0.15) is 0 Å². The quantitative estimate of drug-likeness (QED) is 0.183. The first-order valence-corrected chi connectivity index (χ1v) is 11.5. The van der Waals surface area contributed by atoms with Gasteiger partial charge in [0.25, 0.3) is 0 Å². The molecule has 0 aromatic carbocycles. The fourth-order valence-corrected chi connectivity index (χ4v) is 3.05. The third-order valence-corrected chi connectivity index (χ3v) is 4.87. The summed E-state index contributed by atoms with van der Waals surface area (Å²) in [4.78, 5) is 4.52. The number of hydrogen-bond acceptors (Lipinski definition) is 5. The smallest absolute Gasteiger partial charge is 0.191 e. The number of hydrogen-bond donors (Lipinski definition) is 2. The minimum Gasteiger partial charge on any atom is -0.379 e. The molecule has 26 heavy (non-hydrogen) atoms. The summed E-state index contributed by atoms with van der Waals surface area (Å²) in [7, 11) is -2.96. The van der Waals surface area contributed by atoms with Crippen LogP contribution in [-0.2, 0) is 19.3 Å². The van der Waals surface area contributed by atoms with Crippen molar-refractivity contribution >= 4 is 39.8 Å². The normalized spacial score (nSPS) is 16.2. The van der Waals surface area contributed by atoms with Crippen LogP contribution in [0.2, 0.25) is 0 Å². The maximum absolute atomic E-state index is 11.0. The molecule has 0 aromatic rings. The zero-order valence-corrected chi connectivity index (χ0v) is 19.3. The van der Waals surface area contributed by atoms with Crippen molar-refractivity contribution < 1.29 is 17.9 Å². The van der Waals surface area contributed by atoms with Gasteiger partial charge in [-0.25, -0.2) is 8.42 Å². The molecular weight excluding hydrogens is 469 g/mol. The van der Waals surface area contributed by atoms with E-state index in [0.29, 0.717) is 19.3 Å². The van der Waals surface area contributed by atoms with Crippen LogP contribution in [0.15, 0.2) is 4.99 Å². The Morgan fingerprint density at radius 3 is 2.50 bits per heavy atom. The van der Waals surface area contributed by atoms with E-state index in [0.717, 1.165) is 32.1 Å². The van der Waals surface area contributed by atoms with E-state index in [4.69, 9.17) is 9.47 Å². The molecule has 1 rings (SSSR count). The highest BCUT2D eigenvalue weighted by Gasteiger charge is 2.12. The molecule has 0 unspecified atom stereocenters. The molecule has 9 heteroatoms. The highest BCUT2D eigenvalue weighted by atomic mass is 127. The highest BCUT2D eigenvalue weighted by molar-refractivity contribution is 14.0. The van der Waals surface area contributed by atoms with Gasteiger partial charge in [0.05, 0.1) is 25.1 Å². The number of halogens is 1. The van der Waals surface area contributed by atoms with Gasteiger partial charge >= 0.3 is 0 Å². The molecule has 0 heterocycles. The maximum atomic E-state index is 11.0. The standard InChI is InChI=1S/C17H35N3O4S.HI/c1-3-18-17(20-11-13-23-14-15-25(2,21)22)19-10-7-12-24-16-8-5-4-6-9-16;/h16H,3-15H2,1-2H3,(H2,18,19,20);1H. The first-order valence-electron chi connectivity index (χ1n) is 9.40. The van der Waals surface area contributed by atoms with E-state index in [-0.39, 0.29) is 36.3 Å². The second kappa shape index (κ2) is 15.9. The van der Waals surface area contributed by atoms with Gasteiger partial charge in [-0.15, -0.1) is 24.0 Å². The summed E-state index contributed by atoms with van der Waals surface area (Å²) in [5.41, 5.74) is 0. The number of nitrogens with zero attached hydrogens (tertiary/aromatic N) is 1. The number of nitrogens with one attached hydrogen (secondary N) is 2. The van der Waals surface area contributed by atoms with Crippen LogP contribution in [0.4, 0.5) is 0 Å². The molecule has 0 aliphatic heterocycles. The molecule has 1 aliphatic rings. The molecule has 0 radical (unpaired) electrons. The third-order valence-electron chi connectivity index (χ3n) is 3.96. The largest absolute Gasteiger partial charge is 0.379 e. The molecule has 1 fully saturated rings. The van der Waals surface area contributed by atoms with Crippen molar-refractivity contribution in [2.75, 3.05) is 51.5 Å². The Kier molecular flexibility index (Phi) is 15.8. The van der Waals surface area contributed by atoms with E-state index in [1.54, 1.807) is 0 Å². The fraction of sp³-hybridized carbons (Fsp3) is 0.941. The highest BCUT2D eigenvalue weighted by Crippen LogP contribution is 2.20. The van der Waals surface area contributed by atoms with Gasteiger partial charge in [0.2, 0.25) is 0 Å². The zero-order chi connectivity index (χ0) is 18.4. The predicted molar refractivity (Wildman–Crippen MR) is 117 cm³/mol. The summed E-state index contributed by atoms with van der Waals surface area (Å²) in [5.74, 6) is 0.814. The van der Waals surface area contributed by atoms with Crippen molar-refractivity contribution in [2.24, 2.45) is 4.99 Å². The Morgan fingerprint density at radius 2 is 1.85 bits per heavy atom. The molecule has 7 nitrogen and oxygen atoms in total. The van der Waals surface area contributed by atoms with E-state index < -0.39 is 9.84 Å². The number of guanidine groups is 1. The van der Waals surface area contributed by atoms with Gasteiger partial charge in [0.15, 0.2) is 5.96 Å². The molecule has 2 N–H and O–H groups in total. The first-order chi connectivity index (χ1) is 12.0. The van der Waals surface area contributed by atoms with Gasteiger partial charge < -0.3 is 20.1 Å². The van der Waals surface area contributed by atoms with Crippen LogP contribution in [0.5, 0.6) is 0 Å². The summed E-state index contributed by atoms with van der Waals surface area (Å²) in [6, 6.07) is 0. The molecule has 0 atom stereocenters. The molecule has 0 amide bonds. The van der Waals surface area contributed by atoms with Gasteiger partial charge in [0.1, 0.15) is 9.84 Å². The van der Waals surface area contributed by atoms with Crippen LogP contribution in [0.25, 0.3) is 0 Å². The van der Waals surface area contributed by atoms with E-state index in [2.05, 4.69) is 15.6 Å². The Labute approximate surface area is 176 Å². The van der Waals surface area contributed by atoms with Gasteiger partial charge in [-0.05, 0) is 26.2 Å². The van der Waals surface area contributed by atoms with E-state index >= 15 is 0 Å². The van der Waals surface area contributed by atoms with Crippen molar-refractivity contribution in [3.05, 3.63) is 0 Å². The lowest BCUT2D eigenvalue weighted by atomic mass is 9.98. The molecular formula is C17H36IN3O4S. The second-order valence-electron chi connectivity index (χ2n) is 6.41. The minimum absolute atomic E-state index is 0. The summed E-state index contributed by atoms with van der Waals surface area (Å²) < 4.78 is 33.2. The lowest BCUT2D eigenvalue weighted by Gasteiger charge is -2.21. The van der Waals surface area contributed by atoms with Crippen molar-refractivity contribution in [3.8, 4) is 0 Å². The molecule has 0 bridgehead atoms. The van der Waals surface area contributed by atoms with Crippen LogP contribution in [0.1, 0.15) is 45.4 Å². The molecule has 1 aliphatic carbocycles. The average molecular weight is 505 g/mol. The summed E-state index contributed by atoms with van der Waals surface area (Å²) >= 11 is 0. The van der Waals surface area contributed by atoms with Crippen LogP contribution in [-0.4, -0.2) is 71.9 Å². The van der Waals surface area contributed by atoms with Crippen molar-refractivity contribution in [2.45, 2.75) is 51.6 Å². The van der Waals surface area contributed by atoms with Crippen molar-refractivity contribution in [1.82, 2.24) is 10.6 Å². The Hall–Kier alpha value is -0.130. The second-order valence-corrected chi connectivity index (χ2v) is 8.67. The van der Waals surface area contributed by atoms with Gasteiger partial charge in [-0.1, -0.05) is 19.3 Å². The Morgan fingerprint density at radius 1 is 1.12 bits per heavy atom. The number of rotatable bonds is 12. The fourth-order valence-electron chi connectivity index (χ4n) is 2.63. The number of aliphatic imine (C=N–C) groups is 1. The van der Waals surface area contributed by atoms with Crippen LogP contribution in [0, 0.1) is 0 Å². The maximum Gasteiger partial charge on any atom is 0.191 e. The summed E-state index contributed by atoms with van der Waals surface area (Å²) in [5, 5.41) is 6.37. The van der Waals surface area contributed by atoms with Crippen LogP contribution >= 0.6 is 24.0 Å². The summed E-state index contributed by atoms with van der Waals surface area (Å²) in [6.07, 6.45) is 8.92. The van der Waals surface area contributed by atoms with Gasteiger partial charge in [-0.3, -0.25) is 4.99 Å². The Bertz CT molecular complexity index is 469. The predicted octanol–water partition coefficient (Wildman–Crippen LogP) is 1.96. The number of ether oxygens (including phenoxy) is 2. The molecule has 0 aromatic heterocycles. The minimum atomic E-state index is -2.96. The van der Waals surface area contributed by atoms with E-state index in [9.17, 15) is 8.42 Å². The van der Waals surface area contributed by atoms with Crippen molar-refractivity contribution in [3.63, 3.8) is 0 Å².